The zero-order valence-electron chi connectivity index (χ0n) is 8.74. The highest BCUT2D eigenvalue weighted by Gasteiger charge is 2.37. The van der Waals surface area contributed by atoms with Crippen LogP contribution >= 0.6 is 0 Å². The van der Waals surface area contributed by atoms with E-state index in [1.165, 1.54) is 19.1 Å². The van der Waals surface area contributed by atoms with Gasteiger partial charge in [0.1, 0.15) is 0 Å². The molecule has 0 aliphatic heterocycles. The highest BCUT2D eigenvalue weighted by molar-refractivity contribution is 5.49. The average molecular weight is 230 g/mol. The second kappa shape index (κ2) is 4.52. The number of hydrogen-bond acceptors (Lipinski definition) is 3. The van der Waals surface area contributed by atoms with Crippen LogP contribution < -0.4 is 5.73 Å². The number of nitro benzene ring substituents is 1. The van der Waals surface area contributed by atoms with Gasteiger partial charge in [0.25, 0.3) is 11.6 Å². The lowest BCUT2D eigenvalue weighted by atomic mass is 10.0. The van der Waals surface area contributed by atoms with E-state index >= 15 is 0 Å². The Labute approximate surface area is 91.2 Å². The number of nitro groups is 1. The van der Waals surface area contributed by atoms with Crippen LogP contribution in [0.1, 0.15) is 17.5 Å². The minimum absolute atomic E-state index is 0.221. The van der Waals surface area contributed by atoms with Gasteiger partial charge in [-0.3, -0.25) is 10.1 Å². The molecule has 0 unspecified atom stereocenters. The summed E-state index contributed by atoms with van der Waals surface area (Å²) < 4.78 is 27.1. The Morgan fingerprint density at radius 1 is 1.50 bits per heavy atom. The fourth-order valence-corrected chi connectivity index (χ4v) is 1.51. The summed E-state index contributed by atoms with van der Waals surface area (Å²) in [6.45, 7) is 1.21. The van der Waals surface area contributed by atoms with Crippen molar-refractivity contribution in [2.24, 2.45) is 5.73 Å². The molecule has 88 valence electrons. The monoisotopic (exact) mass is 230 g/mol. The number of alkyl halides is 2. The first-order valence-electron chi connectivity index (χ1n) is 4.72. The van der Waals surface area contributed by atoms with E-state index in [1.807, 2.05) is 0 Å². The van der Waals surface area contributed by atoms with E-state index in [0.717, 1.165) is 6.07 Å². The average Bonchev–Trinajstić information content (AvgIpc) is 2.16. The van der Waals surface area contributed by atoms with E-state index < -0.39 is 28.5 Å². The molecule has 1 aromatic carbocycles. The van der Waals surface area contributed by atoms with Gasteiger partial charge in [0.15, 0.2) is 0 Å². The molecule has 0 saturated carbocycles. The molecule has 4 nitrogen and oxygen atoms in total. The van der Waals surface area contributed by atoms with Crippen molar-refractivity contribution in [3.8, 4) is 0 Å². The van der Waals surface area contributed by atoms with Gasteiger partial charge in [-0.25, -0.2) is 8.78 Å². The van der Waals surface area contributed by atoms with Gasteiger partial charge in [-0.05, 0) is 19.5 Å². The zero-order chi connectivity index (χ0) is 12.3. The second-order valence-corrected chi connectivity index (χ2v) is 3.47. The Morgan fingerprint density at radius 3 is 2.62 bits per heavy atom. The second-order valence-electron chi connectivity index (χ2n) is 3.47. The fourth-order valence-electron chi connectivity index (χ4n) is 1.51. The van der Waals surface area contributed by atoms with Crippen LogP contribution in [0, 0.1) is 17.0 Å². The van der Waals surface area contributed by atoms with Gasteiger partial charge in [-0.2, -0.15) is 0 Å². The first kappa shape index (κ1) is 12.5. The van der Waals surface area contributed by atoms with E-state index in [9.17, 15) is 18.9 Å². The number of para-hydroxylation sites is 1. The molecular formula is C10H12F2N2O2. The van der Waals surface area contributed by atoms with Crippen molar-refractivity contribution in [2.75, 3.05) is 6.54 Å². The van der Waals surface area contributed by atoms with Gasteiger partial charge in [0, 0.05) is 12.0 Å². The molecule has 1 aromatic rings. The summed E-state index contributed by atoms with van der Waals surface area (Å²) in [7, 11) is 0. The molecule has 6 heteroatoms. The van der Waals surface area contributed by atoms with Gasteiger partial charge in [0.05, 0.1) is 10.5 Å². The molecule has 0 spiro atoms. The Bertz CT molecular complexity index is 408. The van der Waals surface area contributed by atoms with Gasteiger partial charge < -0.3 is 5.73 Å². The number of rotatable bonds is 4. The molecule has 16 heavy (non-hydrogen) atoms. The molecule has 0 radical (unpaired) electrons. The lowest BCUT2D eigenvalue weighted by Gasteiger charge is -2.16. The van der Waals surface area contributed by atoms with Crippen molar-refractivity contribution >= 4 is 5.69 Å². The van der Waals surface area contributed by atoms with Crippen LogP contribution in [0.3, 0.4) is 0 Å². The Morgan fingerprint density at radius 2 is 2.12 bits per heavy atom. The van der Waals surface area contributed by atoms with Crippen molar-refractivity contribution in [3.63, 3.8) is 0 Å². The summed E-state index contributed by atoms with van der Waals surface area (Å²) >= 11 is 0. The topological polar surface area (TPSA) is 69.2 Å². The largest absolute Gasteiger partial charge is 0.330 e. The molecule has 0 saturated heterocycles. The van der Waals surface area contributed by atoms with E-state index in [-0.39, 0.29) is 12.1 Å². The molecule has 0 fully saturated rings. The van der Waals surface area contributed by atoms with Crippen LogP contribution in [-0.2, 0) is 5.92 Å². The molecule has 0 aliphatic rings. The highest BCUT2D eigenvalue weighted by atomic mass is 19.3. The maximum absolute atomic E-state index is 13.6. The maximum atomic E-state index is 13.6. The molecule has 0 atom stereocenters. The third kappa shape index (κ3) is 2.33. The number of hydrogen-bond donors (Lipinski definition) is 1. The summed E-state index contributed by atoms with van der Waals surface area (Å²) in [6.07, 6.45) is -0.600. The van der Waals surface area contributed by atoms with Crippen LogP contribution in [0.2, 0.25) is 0 Å². The Kier molecular flexibility index (Phi) is 3.54. The number of halogens is 2. The number of nitrogens with zero attached hydrogens (tertiary/aromatic N) is 1. The SMILES string of the molecule is Cc1cccc(C(F)(F)CCN)c1[N+](=O)[O-]. The maximum Gasteiger partial charge on any atom is 0.281 e. The molecule has 0 aromatic heterocycles. The number of aryl methyl sites for hydroxylation is 1. The highest BCUT2D eigenvalue weighted by Crippen LogP contribution is 2.38. The van der Waals surface area contributed by atoms with E-state index in [1.54, 1.807) is 0 Å². The summed E-state index contributed by atoms with van der Waals surface area (Å²) in [5.41, 5.74) is 4.19. The lowest BCUT2D eigenvalue weighted by molar-refractivity contribution is -0.387. The minimum atomic E-state index is -3.26. The minimum Gasteiger partial charge on any atom is -0.330 e. The molecule has 2 N–H and O–H groups in total. The summed E-state index contributed by atoms with van der Waals surface area (Å²) in [5, 5.41) is 10.7. The van der Waals surface area contributed by atoms with Crippen LogP contribution in [0.25, 0.3) is 0 Å². The third-order valence-electron chi connectivity index (χ3n) is 2.27. The first-order valence-corrected chi connectivity index (χ1v) is 4.72. The van der Waals surface area contributed by atoms with Gasteiger partial charge >= 0.3 is 0 Å². The van der Waals surface area contributed by atoms with E-state index in [2.05, 4.69) is 0 Å². The van der Waals surface area contributed by atoms with Crippen molar-refractivity contribution in [1.29, 1.82) is 0 Å². The number of nitrogens with two attached hydrogens (primary N) is 1. The van der Waals surface area contributed by atoms with Crippen LogP contribution in [0.5, 0.6) is 0 Å². The fraction of sp³-hybridized carbons (Fsp3) is 0.400. The molecular weight excluding hydrogens is 218 g/mol. The molecule has 0 amide bonds. The standard InChI is InChI=1S/C10H12F2N2O2/c1-7-3-2-4-8(9(7)14(15)16)10(11,12)5-6-13/h2-4H,5-6,13H2,1H3. The molecule has 0 aliphatic carbocycles. The third-order valence-corrected chi connectivity index (χ3v) is 2.27. The van der Waals surface area contributed by atoms with Crippen molar-refractivity contribution < 1.29 is 13.7 Å². The zero-order valence-corrected chi connectivity index (χ0v) is 8.74. The van der Waals surface area contributed by atoms with Crippen LogP contribution in [0.4, 0.5) is 14.5 Å². The quantitative estimate of drug-likeness (QED) is 0.637. The lowest BCUT2D eigenvalue weighted by Crippen LogP contribution is -2.20. The van der Waals surface area contributed by atoms with Crippen molar-refractivity contribution in [3.05, 3.63) is 39.4 Å². The molecule has 0 heterocycles. The smallest absolute Gasteiger partial charge is 0.281 e. The van der Waals surface area contributed by atoms with Gasteiger partial charge in [-0.1, -0.05) is 12.1 Å². The predicted molar refractivity (Wildman–Crippen MR) is 55.4 cm³/mol. The Balaban J connectivity index is 3.33. The summed E-state index contributed by atoms with van der Waals surface area (Å²) in [5.74, 6) is -3.26. The van der Waals surface area contributed by atoms with Crippen molar-refractivity contribution in [1.82, 2.24) is 0 Å². The van der Waals surface area contributed by atoms with E-state index in [4.69, 9.17) is 5.73 Å². The van der Waals surface area contributed by atoms with Crippen molar-refractivity contribution in [2.45, 2.75) is 19.3 Å². The summed E-state index contributed by atoms with van der Waals surface area (Å²) in [4.78, 5) is 9.95. The molecule has 0 bridgehead atoms. The van der Waals surface area contributed by atoms with Gasteiger partial charge in [0.2, 0.25) is 0 Å². The number of benzene rings is 1. The predicted octanol–water partition coefficient (Wildman–Crippen LogP) is 2.34. The van der Waals surface area contributed by atoms with Gasteiger partial charge in [-0.15, -0.1) is 0 Å². The Hall–Kier alpha value is -1.56. The van der Waals surface area contributed by atoms with Crippen LogP contribution in [0.15, 0.2) is 18.2 Å². The van der Waals surface area contributed by atoms with E-state index in [0.29, 0.717) is 0 Å². The summed E-state index contributed by atoms with van der Waals surface area (Å²) in [6, 6.07) is 3.88. The first-order chi connectivity index (χ1) is 7.40. The molecule has 1 rings (SSSR count). The normalized spacial score (nSPS) is 11.5. The van der Waals surface area contributed by atoms with Crippen LogP contribution in [-0.4, -0.2) is 11.5 Å².